The van der Waals surface area contributed by atoms with Crippen molar-refractivity contribution in [1.82, 2.24) is 0 Å². The molecule has 0 atom stereocenters. The molecule has 13 heavy (non-hydrogen) atoms. The van der Waals surface area contributed by atoms with Gasteiger partial charge in [-0.25, -0.2) is 0 Å². The molecule has 0 saturated carbocycles. The quantitative estimate of drug-likeness (QED) is 0.284. The van der Waals surface area contributed by atoms with Crippen LogP contribution in [0.15, 0.2) is 0 Å². The Morgan fingerprint density at radius 3 is 0.846 bits per heavy atom. The maximum absolute atomic E-state index is 9.44. The minimum absolute atomic E-state index is 0. The van der Waals surface area contributed by atoms with E-state index in [1.807, 2.05) is 0 Å². The molecule has 0 aromatic heterocycles. The SMILES string of the molecule is O.O=P(O)(O)CO.O=P(O)(O)CO. The standard InChI is InChI=1S/2CH5O4P.H2O/c2*2-1-6(3,4)5;/h2*2H,1H2,(H2,3,4,5);1H2. The van der Waals surface area contributed by atoms with Crippen molar-refractivity contribution in [2.45, 2.75) is 0 Å². The Morgan fingerprint density at radius 2 is 0.846 bits per heavy atom. The average molecular weight is 242 g/mol. The summed E-state index contributed by atoms with van der Waals surface area (Å²) in [5.41, 5.74) is 0. The van der Waals surface area contributed by atoms with E-state index in [0.717, 1.165) is 0 Å². The molecule has 0 heterocycles. The topological polar surface area (TPSA) is 187 Å². The largest absolute Gasteiger partial charge is 0.412 e. The van der Waals surface area contributed by atoms with Crippen LogP contribution in [0.4, 0.5) is 0 Å². The summed E-state index contributed by atoms with van der Waals surface area (Å²) >= 11 is 0. The van der Waals surface area contributed by atoms with Crippen LogP contribution in [-0.2, 0) is 9.13 Å². The maximum atomic E-state index is 9.44. The lowest BCUT2D eigenvalue weighted by Gasteiger charge is -1.92. The van der Waals surface area contributed by atoms with Crippen LogP contribution < -0.4 is 0 Å². The van der Waals surface area contributed by atoms with Crippen molar-refractivity contribution in [3.8, 4) is 0 Å². The number of hydrogen-bond acceptors (Lipinski definition) is 4. The molecule has 0 unspecified atom stereocenters. The predicted octanol–water partition coefficient (Wildman–Crippen LogP) is -2.60. The smallest absolute Gasteiger partial charge is 0.350 e. The lowest BCUT2D eigenvalue weighted by Crippen LogP contribution is -1.81. The van der Waals surface area contributed by atoms with E-state index in [0.29, 0.717) is 0 Å². The van der Waals surface area contributed by atoms with Crippen molar-refractivity contribution in [3.05, 3.63) is 0 Å². The van der Waals surface area contributed by atoms with Gasteiger partial charge >= 0.3 is 15.2 Å². The summed E-state index contributed by atoms with van der Waals surface area (Å²) in [7, 11) is -8.18. The number of hydrogen-bond donors (Lipinski definition) is 6. The van der Waals surface area contributed by atoms with Gasteiger partial charge in [-0.05, 0) is 0 Å². The highest BCUT2D eigenvalue weighted by Gasteiger charge is 2.07. The predicted molar refractivity (Wildman–Crippen MR) is 41.9 cm³/mol. The van der Waals surface area contributed by atoms with Gasteiger partial charge in [0.15, 0.2) is 0 Å². The molecule has 0 rings (SSSR count). The molecule has 0 aromatic rings. The van der Waals surface area contributed by atoms with Gasteiger partial charge in [0.25, 0.3) is 0 Å². The van der Waals surface area contributed by atoms with Crippen LogP contribution in [0, 0.1) is 0 Å². The van der Waals surface area contributed by atoms with Crippen LogP contribution in [0.3, 0.4) is 0 Å². The Labute approximate surface area is 73.3 Å². The minimum atomic E-state index is -4.09. The monoisotopic (exact) mass is 242 g/mol. The molecule has 9 nitrogen and oxygen atoms in total. The fourth-order valence-electron chi connectivity index (χ4n) is 0. The van der Waals surface area contributed by atoms with Crippen molar-refractivity contribution in [3.63, 3.8) is 0 Å². The molecule has 84 valence electrons. The number of rotatable bonds is 2. The highest BCUT2D eigenvalue weighted by molar-refractivity contribution is 7.51. The molecule has 0 aliphatic heterocycles. The van der Waals surface area contributed by atoms with Crippen LogP contribution in [0.25, 0.3) is 0 Å². The van der Waals surface area contributed by atoms with Gasteiger partial charge in [-0.1, -0.05) is 0 Å². The van der Waals surface area contributed by atoms with Crippen LogP contribution in [-0.4, -0.2) is 48.0 Å². The van der Waals surface area contributed by atoms with Crippen molar-refractivity contribution in [1.29, 1.82) is 0 Å². The fraction of sp³-hybridized carbons (Fsp3) is 1.00. The molecule has 0 aromatic carbocycles. The van der Waals surface area contributed by atoms with E-state index in [-0.39, 0.29) is 5.48 Å². The average Bonchev–Trinajstić information content (AvgIpc) is 1.86. The number of aliphatic hydroxyl groups is 2. The summed E-state index contributed by atoms with van der Waals surface area (Å²) < 4.78 is 18.9. The molecule has 0 fully saturated rings. The van der Waals surface area contributed by atoms with Gasteiger partial charge in [0.2, 0.25) is 0 Å². The van der Waals surface area contributed by atoms with Crippen molar-refractivity contribution in [2.24, 2.45) is 0 Å². The molecular weight excluding hydrogens is 230 g/mol. The van der Waals surface area contributed by atoms with Gasteiger partial charge in [0, 0.05) is 0 Å². The third kappa shape index (κ3) is 33.0. The van der Waals surface area contributed by atoms with Gasteiger partial charge in [-0.2, -0.15) is 0 Å². The van der Waals surface area contributed by atoms with Gasteiger partial charge in [0.05, 0.1) is 0 Å². The van der Waals surface area contributed by atoms with Crippen LogP contribution in [0.5, 0.6) is 0 Å². The molecule has 0 aliphatic carbocycles. The van der Waals surface area contributed by atoms with Crippen LogP contribution in [0.2, 0.25) is 0 Å². The fourth-order valence-corrected chi connectivity index (χ4v) is 0. The summed E-state index contributed by atoms with van der Waals surface area (Å²) in [5.74, 6) is 0. The molecule has 0 aliphatic rings. The van der Waals surface area contributed by atoms with Gasteiger partial charge in [-0.15, -0.1) is 0 Å². The Balaban J connectivity index is -0.000000143. The van der Waals surface area contributed by atoms with Crippen LogP contribution >= 0.6 is 15.2 Å². The van der Waals surface area contributed by atoms with Gasteiger partial charge in [0.1, 0.15) is 12.7 Å². The summed E-state index contributed by atoms with van der Waals surface area (Å²) in [4.78, 5) is 30.8. The molecule has 0 radical (unpaired) electrons. The van der Waals surface area contributed by atoms with Crippen molar-refractivity contribution in [2.75, 3.05) is 12.7 Å². The van der Waals surface area contributed by atoms with E-state index in [9.17, 15) is 9.13 Å². The Morgan fingerprint density at radius 1 is 0.769 bits per heavy atom. The normalized spacial score (nSPS) is 10.9. The van der Waals surface area contributed by atoms with E-state index < -0.39 is 27.9 Å². The lowest BCUT2D eigenvalue weighted by atomic mass is 11.7. The molecular formula is C2H12O9P2. The minimum Gasteiger partial charge on any atom is -0.412 e. The molecule has 0 amide bonds. The van der Waals surface area contributed by atoms with E-state index >= 15 is 0 Å². The lowest BCUT2D eigenvalue weighted by molar-refractivity contribution is 0.287. The van der Waals surface area contributed by atoms with E-state index in [4.69, 9.17) is 29.8 Å². The highest BCUT2D eigenvalue weighted by atomic mass is 31.2. The molecule has 8 N–H and O–H groups in total. The molecule has 11 heteroatoms. The van der Waals surface area contributed by atoms with E-state index in [1.165, 1.54) is 0 Å². The second-order valence-corrected chi connectivity index (χ2v) is 4.84. The van der Waals surface area contributed by atoms with Crippen molar-refractivity contribution < 1.29 is 44.4 Å². The summed E-state index contributed by atoms with van der Waals surface area (Å²) in [6, 6.07) is 0. The first-order valence-corrected chi connectivity index (χ1v) is 6.03. The summed E-state index contributed by atoms with van der Waals surface area (Å²) in [5, 5.41) is 15.3. The first kappa shape index (κ1) is 18.9. The third-order valence-corrected chi connectivity index (χ3v) is 1.11. The second kappa shape index (κ2) is 7.57. The Hall–Kier alpha value is 0.180. The zero-order valence-corrected chi connectivity index (χ0v) is 8.10. The zero-order valence-electron chi connectivity index (χ0n) is 6.31. The Bertz CT molecular complexity index is 166. The highest BCUT2D eigenvalue weighted by Crippen LogP contribution is 2.31. The maximum Gasteiger partial charge on any atom is 0.350 e. The van der Waals surface area contributed by atoms with Crippen LogP contribution in [0.1, 0.15) is 0 Å². The van der Waals surface area contributed by atoms with Gasteiger partial charge < -0.3 is 35.3 Å². The zero-order chi connectivity index (χ0) is 10.4. The second-order valence-electron chi connectivity index (χ2n) is 1.61. The first-order valence-electron chi connectivity index (χ1n) is 2.43. The third-order valence-electron chi connectivity index (χ3n) is 0.368. The van der Waals surface area contributed by atoms with E-state index in [2.05, 4.69) is 0 Å². The first-order chi connectivity index (χ1) is 5.12. The summed E-state index contributed by atoms with van der Waals surface area (Å²) in [6.45, 7) is 0. The van der Waals surface area contributed by atoms with Gasteiger partial charge in [-0.3, -0.25) is 9.13 Å². The Kier molecular flexibility index (Phi) is 11.0. The molecule has 0 saturated heterocycles. The molecule has 0 bridgehead atoms. The number of aliphatic hydroxyl groups excluding tert-OH is 2. The van der Waals surface area contributed by atoms with E-state index in [1.54, 1.807) is 0 Å². The van der Waals surface area contributed by atoms with Crippen molar-refractivity contribution >= 4 is 15.2 Å². The molecule has 0 spiro atoms. The summed E-state index contributed by atoms with van der Waals surface area (Å²) in [6.07, 6.45) is -2.12.